The van der Waals surface area contributed by atoms with Gasteiger partial charge in [-0.05, 0) is 144 Å². The Labute approximate surface area is 332 Å². The van der Waals surface area contributed by atoms with Crippen LogP contribution in [0.2, 0.25) is 0 Å². The Morgan fingerprint density at radius 1 is 0.263 bits per heavy atom. The van der Waals surface area contributed by atoms with Crippen molar-refractivity contribution in [3.05, 3.63) is 205 Å². The largest absolute Gasteiger partial charge is 0.128 e. The highest BCUT2D eigenvalue weighted by Gasteiger charge is 2.49. The second-order valence-electron chi connectivity index (χ2n) is 16.4. The minimum absolute atomic E-state index is 1.14. The van der Waals surface area contributed by atoms with Gasteiger partial charge in [-0.3, -0.25) is 0 Å². The lowest BCUT2D eigenvalue weighted by Crippen LogP contribution is -2.57. The van der Waals surface area contributed by atoms with Gasteiger partial charge in [-0.25, -0.2) is 0 Å². The van der Waals surface area contributed by atoms with Crippen molar-refractivity contribution < 1.29 is 0 Å². The maximum Gasteiger partial charge on any atom is 0.128 e. The van der Waals surface area contributed by atoms with E-state index < -0.39 is 8.07 Å². The molecule has 2 heterocycles. The summed E-state index contributed by atoms with van der Waals surface area (Å²) in [7, 11) is -2.27. The van der Waals surface area contributed by atoms with Crippen molar-refractivity contribution in [2.75, 3.05) is 0 Å². The summed E-state index contributed by atoms with van der Waals surface area (Å²) >= 11 is 0. The summed E-state index contributed by atoms with van der Waals surface area (Å²) in [6.07, 6.45) is 0. The van der Waals surface area contributed by atoms with Crippen LogP contribution in [-0.2, 0) is 12.1 Å². The molecule has 0 radical (unpaired) electrons. The summed E-state index contributed by atoms with van der Waals surface area (Å²) < 4.78 is 0. The Morgan fingerprint density at radius 3 is 1.12 bits per heavy atom. The fourth-order valence-corrected chi connectivity index (χ4v) is 16.5. The van der Waals surface area contributed by atoms with Crippen molar-refractivity contribution in [3.8, 4) is 33.4 Å². The minimum Gasteiger partial charge on any atom is -0.0620 e. The minimum atomic E-state index is -2.27. The van der Waals surface area contributed by atoms with Gasteiger partial charge in [-0.15, -0.1) is 0 Å². The summed E-state index contributed by atoms with van der Waals surface area (Å²) in [5.74, 6) is 0. The number of fused-ring (bicyclic) bond motifs is 16. The lowest BCUT2D eigenvalue weighted by Gasteiger charge is -2.25. The van der Waals surface area contributed by atoms with E-state index in [-0.39, 0.29) is 0 Å². The highest BCUT2D eigenvalue weighted by molar-refractivity contribution is 7.05. The van der Waals surface area contributed by atoms with Crippen LogP contribution in [0.3, 0.4) is 0 Å². The Kier molecular flexibility index (Phi) is 6.40. The van der Waals surface area contributed by atoms with E-state index in [1.165, 1.54) is 109 Å². The summed E-state index contributed by atoms with van der Waals surface area (Å²) in [6.45, 7) is 0. The molecule has 0 aromatic heterocycles. The van der Waals surface area contributed by atoms with E-state index in [1.807, 2.05) is 0 Å². The smallest absolute Gasteiger partial charge is 0.0620 e. The Bertz CT molecular complexity index is 3300. The maximum atomic E-state index is 2.63. The van der Waals surface area contributed by atoms with Gasteiger partial charge in [0.2, 0.25) is 0 Å². The molecule has 0 N–H and O–H groups in total. The normalized spacial score (nSPS) is 14.0. The molecule has 0 amide bonds. The van der Waals surface area contributed by atoms with Crippen LogP contribution >= 0.6 is 0 Å². The first-order valence-electron chi connectivity index (χ1n) is 20.3. The lowest BCUT2D eigenvalue weighted by atomic mass is 9.89. The molecule has 2 aliphatic heterocycles. The highest BCUT2D eigenvalue weighted by atomic mass is 28.3. The zero-order valence-corrected chi connectivity index (χ0v) is 32.4. The topological polar surface area (TPSA) is 0 Å². The molecule has 0 saturated heterocycles. The van der Waals surface area contributed by atoms with Gasteiger partial charge in [-0.1, -0.05) is 182 Å². The van der Waals surface area contributed by atoms with Crippen LogP contribution in [0.5, 0.6) is 0 Å². The number of hydrogen-bond donors (Lipinski definition) is 0. The van der Waals surface area contributed by atoms with Crippen LogP contribution in [-0.4, -0.2) is 8.07 Å². The van der Waals surface area contributed by atoms with Crippen LogP contribution in [0.15, 0.2) is 194 Å². The monoisotopic (exact) mass is 736 g/mol. The molecule has 0 aliphatic carbocycles. The third-order valence-electron chi connectivity index (χ3n) is 13.6. The van der Waals surface area contributed by atoms with Gasteiger partial charge in [0.25, 0.3) is 0 Å². The van der Waals surface area contributed by atoms with Crippen molar-refractivity contribution in [1.82, 2.24) is 0 Å². The summed E-state index contributed by atoms with van der Waals surface area (Å²) in [6, 6.07) is 76.5. The van der Waals surface area contributed by atoms with Gasteiger partial charge >= 0.3 is 0 Å². The van der Waals surface area contributed by atoms with Gasteiger partial charge in [0.05, 0.1) is 0 Å². The molecular weight excluding hydrogens is 701 g/mol. The number of rotatable bonds is 2. The van der Waals surface area contributed by atoms with E-state index in [4.69, 9.17) is 0 Å². The molecule has 2 aliphatic rings. The summed E-state index contributed by atoms with van der Waals surface area (Å²) in [5, 5.41) is 19.0. The van der Waals surface area contributed by atoms with Gasteiger partial charge in [-0.2, -0.15) is 0 Å². The molecule has 0 nitrogen and oxygen atoms in total. The molecule has 0 atom stereocenters. The first-order valence-corrected chi connectivity index (χ1v) is 22.7. The van der Waals surface area contributed by atoms with Crippen molar-refractivity contribution in [2.45, 2.75) is 12.1 Å². The Balaban J connectivity index is 1.05. The maximum absolute atomic E-state index is 2.63. The molecule has 57 heavy (non-hydrogen) atoms. The average Bonchev–Trinajstić information content (AvgIpc) is 3.80. The first kappa shape index (κ1) is 31.4. The van der Waals surface area contributed by atoms with Crippen molar-refractivity contribution in [3.63, 3.8) is 0 Å². The van der Waals surface area contributed by atoms with E-state index in [0.717, 1.165) is 12.1 Å². The van der Waals surface area contributed by atoms with E-state index in [2.05, 4.69) is 194 Å². The SMILES string of the molecule is c1ccc2c(c1)C[Si]1(C2)c2cc(-c3cc4c5ccccc5ccc4c4ccccc34)ccc2-c2ccc(-c3cc4c5ccccc5ccc4c4ccccc34)cc21. The molecule has 1 heteroatoms. The predicted octanol–water partition coefficient (Wildman–Crippen LogP) is 13.4. The molecule has 1 spiro atoms. The molecule has 0 saturated carbocycles. The van der Waals surface area contributed by atoms with E-state index in [9.17, 15) is 0 Å². The molecule has 264 valence electrons. The summed E-state index contributed by atoms with van der Waals surface area (Å²) in [5.41, 5.74) is 11.2. The van der Waals surface area contributed by atoms with Gasteiger partial charge in [0.1, 0.15) is 8.07 Å². The van der Waals surface area contributed by atoms with Crippen LogP contribution < -0.4 is 10.4 Å². The second-order valence-corrected chi connectivity index (χ2v) is 20.4. The number of benzene rings is 11. The lowest BCUT2D eigenvalue weighted by molar-refractivity contribution is 1.35. The van der Waals surface area contributed by atoms with E-state index >= 15 is 0 Å². The van der Waals surface area contributed by atoms with E-state index in [0.29, 0.717) is 0 Å². The fourth-order valence-electron chi connectivity index (χ4n) is 11.0. The molecule has 0 unspecified atom stereocenters. The van der Waals surface area contributed by atoms with Crippen molar-refractivity contribution in [2.24, 2.45) is 0 Å². The second kappa shape index (κ2) is 11.6. The van der Waals surface area contributed by atoms with Crippen LogP contribution in [0.4, 0.5) is 0 Å². The van der Waals surface area contributed by atoms with Crippen LogP contribution in [0, 0.1) is 0 Å². The van der Waals surface area contributed by atoms with Gasteiger partial charge in [0.15, 0.2) is 0 Å². The Morgan fingerprint density at radius 2 is 0.649 bits per heavy atom. The van der Waals surface area contributed by atoms with Crippen molar-refractivity contribution >= 4 is 83.1 Å². The standard InChI is InChI=1S/C56H36Si/c1-2-14-40-34-57(33-39(40)13-1)55-29-37(51-31-53-41-15-5-3-11-35(41)21-25-47(53)43-17-7-9-19-45(43)51)23-27-49(55)50-28-24-38(30-56(50)57)52-32-54-42-16-6-4-12-36(42)22-26-48(54)44-18-8-10-20-46(44)52/h1-32H,33-34H2. The number of hydrogen-bond acceptors (Lipinski definition) is 0. The third-order valence-corrected chi connectivity index (χ3v) is 18.5. The molecule has 0 bridgehead atoms. The fraction of sp³-hybridized carbons (Fsp3) is 0.0357. The zero-order chi connectivity index (χ0) is 37.2. The van der Waals surface area contributed by atoms with Gasteiger partial charge < -0.3 is 0 Å². The summed E-state index contributed by atoms with van der Waals surface area (Å²) in [4.78, 5) is 0. The van der Waals surface area contributed by atoms with Crippen LogP contribution in [0.25, 0.3) is 98.0 Å². The van der Waals surface area contributed by atoms with E-state index in [1.54, 1.807) is 10.4 Å². The highest BCUT2D eigenvalue weighted by Crippen LogP contribution is 2.44. The van der Waals surface area contributed by atoms with Crippen molar-refractivity contribution in [1.29, 1.82) is 0 Å². The average molecular weight is 737 g/mol. The molecule has 13 rings (SSSR count). The first-order chi connectivity index (χ1) is 28.2. The zero-order valence-electron chi connectivity index (χ0n) is 31.4. The third kappa shape index (κ3) is 4.38. The predicted molar refractivity (Wildman–Crippen MR) is 247 cm³/mol. The Hall–Kier alpha value is -6.80. The van der Waals surface area contributed by atoms with Crippen LogP contribution in [0.1, 0.15) is 11.1 Å². The molecule has 0 fully saturated rings. The molecule has 11 aromatic carbocycles. The molecular formula is C56H36Si. The van der Waals surface area contributed by atoms with Gasteiger partial charge in [0, 0.05) is 0 Å². The quantitative estimate of drug-likeness (QED) is 0.122. The molecule has 11 aromatic rings.